The van der Waals surface area contributed by atoms with E-state index in [1.165, 1.54) is 0 Å². The second kappa shape index (κ2) is 4.90. The second-order valence-electron chi connectivity index (χ2n) is 3.15. The first-order valence-corrected chi connectivity index (χ1v) is 6.24. The summed E-state index contributed by atoms with van der Waals surface area (Å²) in [6.07, 6.45) is 2.02. The molecule has 78 valence electrons. The molecule has 1 rings (SSSR count). The van der Waals surface area contributed by atoms with Gasteiger partial charge in [0.1, 0.15) is 0 Å². The van der Waals surface area contributed by atoms with Gasteiger partial charge in [0.05, 0.1) is 19.0 Å². The molecule has 0 amide bonds. The molecule has 1 fully saturated rings. The van der Waals surface area contributed by atoms with Gasteiger partial charge in [-0.25, -0.2) is 13.1 Å². The normalized spacial score (nSPS) is 24.5. The highest BCUT2D eigenvalue weighted by atomic mass is 32.2. The van der Waals surface area contributed by atoms with Gasteiger partial charge in [-0.3, -0.25) is 0 Å². The molecule has 0 aromatic heterocycles. The van der Waals surface area contributed by atoms with E-state index < -0.39 is 10.0 Å². The number of ether oxygens (including phenoxy) is 1. The van der Waals surface area contributed by atoms with Crippen molar-refractivity contribution in [3.63, 3.8) is 0 Å². The van der Waals surface area contributed by atoms with Crippen LogP contribution in [0.2, 0.25) is 0 Å². The molecule has 13 heavy (non-hydrogen) atoms. The quantitative estimate of drug-likeness (QED) is 0.616. The minimum atomic E-state index is -3.05. The smallest absolute Gasteiger partial charge is 0.208 e. The van der Waals surface area contributed by atoms with Crippen LogP contribution >= 0.6 is 0 Å². The monoisotopic (exact) mass is 208 g/mol. The number of morpholine rings is 1. The van der Waals surface area contributed by atoms with Crippen molar-refractivity contribution in [2.45, 2.75) is 12.5 Å². The van der Waals surface area contributed by atoms with Crippen LogP contribution < -0.4 is 10.0 Å². The summed E-state index contributed by atoms with van der Waals surface area (Å²) in [5, 5.41) is 3.18. The molecule has 6 heteroatoms. The molecule has 1 unspecified atom stereocenters. The van der Waals surface area contributed by atoms with E-state index in [9.17, 15) is 8.42 Å². The fourth-order valence-corrected chi connectivity index (χ4v) is 1.70. The van der Waals surface area contributed by atoms with Crippen LogP contribution in [0.1, 0.15) is 6.42 Å². The predicted octanol–water partition coefficient (Wildman–Crippen LogP) is -1.09. The first kappa shape index (κ1) is 10.9. The summed E-state index contributed by atoms with van der Waals surface area (Å²) in [5.74, 6) is 0. The van der Waals surface area contributed by atoms with Crippen LogP contribution in [0.3, 0.4) is 0 Å². The van der Waals surface area contributed by atoms with Crippen LogP contribution in [0.15, 0.2) is 0 Å². The van der Waals surface area contributed by atoms with Crippen molar-refractivity contribution in [3.05, 3.63) is 0 Å². The molecule has 0 aromatic carbocycles. The Hall–Kier alpha value is -0.170. The Balaban J connectivity index is 2.11. The molecule has 0 aliphatic carbocycles. The van der Waals surface area contributed by atoms with Crippen molar-refractivity contribution in [2.24, 2.45) is 0 Å². The topological polar surface area (TPSA) is 67.4 Å². The average Bonchev–Trinajstić information content (AvgIpc) is 2.04. The van der Waals surface area contributed by atoms with Gasteiger partial charge in [0.15, 0.2) is 0 Å². The lowest BCUT2D eigenvalue weighted by Crippen LogP contribution is -2.40. The molecule has 1 aliphatic rings. The Bertz CT molecular complexity index is 234. The first-order valence-electron chi connectivity index (χ1n) is 4.35. The summed E-state index contributed by atoms with van der Waals surface area (Å²) in [7, 11) is -3.05. The molecular weight excluding hydrogens is 192 g/mol. The number of nitrogens with one attached hydrogen (secondary N) is 2. The Labute approximate surface area is 78.9 Å². The van der Waals surface area contributed by atoms with E-state index in [4.69, 9.17) is 4.74 Å². The highest BCUT2D eigenvalue weighted by molar-refractivity contribution is 7.88. The van der Waals surface area contributed by atoms with E-state index in [0.29, 0.717) is 13.2 Å². The Kier molecular flexibility index (Phi) is 4.11. The fraction of sp³-hybridized carbons (Fsp3) is 1.00. The Morgan fingerprint density at radius 3 is 2.92 bits per heavy atom. The molecule has 0 bridgehead atoms. The third-order valence-electron chi connectivity index (χ3n) is 1.83. The van der Waals surface area contributed by atoms with Crippen LogP contribution in [0.5, 0.6) is 0 Å². The summed E-state index contributed by atoms with van der Waals surface area (Å²) in [5.41, 5.74) is 0. The third-order valence-corrected chi connectivity index (χ3v) is 2.56. The standard InChI is InChI=1S/C7H16N2O3S/c1-13(10,11)9-3-2-7-6-8-4-5-12-7/h7-9H,2-6H2,1H3. The largest absolute Gasteiger partial charge is 0.376 e. The van der Waals surface area contributed by atoms with Gasteiger partial charge in [-0.05, 0) is 6.42 Å². The van der Waals surface area contributed by atoms with E-state index in [1.54, 1.807) is 0 Å². The third kappa shape index (κ3) is 5.20. The number of rotatable bonds is 4. The van der Waals surface area contributed by atoms with Crippen molar-refractivity contribution in [1.29, 1.82) is 0 Å². The lowest BCUT2D eigenvalue weighted by atomic mass is 10.2. The molecule has 5 nitrogen and oxygen atoms in total. The van der Waals surface area contributed by atoms with Gasteiger partial charge in [0.2, 0.25) is 10.0 Å². The lowest BCUT2D eigenvalue weighted by Gasteiger charge is -2.23. The molecule has 2 N–H and O–H groups in total. The molecule has 0 saturated carbocycles. The van der Waals surface area contributed by atoms with Gasteiger partial charge in [-0.2, -0.15) is 0 Å². The Morgan fingerprint density at radius 1 is 1.62 bits per heavy atom. The number of hydrogen-bond donors (Lipinski definition) is 2. The summed E-state index contributed by atoms with van der Waals surface area (Å²) in [6.45, 7) is 2.86. The minimum Gasteiger partial charge on any atom is -0.376 e. The zero-order valence-corrected chi connectivity index (χ0v) is 8.56. The van der Waals surface area contributed by atoms with E-state index >= 15 is 0 Å². The van der Waals surface area contributed by atoms with Crippen LogP contribution in [-0.2, 0) is 14.8 Å². The highest BCUT2D eigenvalue weighted by Gasteiger charge is 2.13. The summed E-state index contributed by atoms with van der Waals surface area (Å²) >= 11 is 0. The SMILES string of the molecule is CS(=O)(=O)NCCC1CNCCO1. The van der Waals surface area contributed by atoms with Gasteiger partial charge in [-0.1, -0.05) is 0 Å². The van der Waals surface area contributed by atoms with E-state index in [0.717, 1.165) is 25.8 Å². The Morgan fingerprint density at radius 2 is 2.38 bits per heavy atom. The van der Waals surface area contributed by atoms with Crippen molar-refractivity contribution in [3.8, 4) is 0 Å². The maximum absolute atomic E-state index is 10.7. The maximum Gasteiger partial charge on any atom is 0.208 e. The number of hydrogen-bond acceptors (Lipinski definition) is 4. The zero-order chi connectivity index (χ0) is 9.73. The fourth-order valence-electron chi connectivity index (χ4n) is 1.21. The van der Waals surface area contributed by atoms with Crippen molar-refractivity contribution < 1.29 is 13.2 Å². The van der Waals surface area contributed by atoms with Crippen molar-refractivity contribution in [1.82, 2.24) is 10.0 Å². The molecule has 1 atom stereocenters. The van der Waals surface area contributed by atoms with Crippen LogP contribution in [-0.4, -0.2) is 47.0 Å². The molecule has 1 heterocycles. The second-order valence-corrected chi connectivity index (χ2v) is 4.99. The molecular formula is C7H16N2O3S. The van der Waals surface area contributed by atoms with Gasteiger partial charge in [0, 0.05) is 19.6 Å². The highest BCUT2D eigenvalue weighted by Crippen LogP contribution is 1.99. The average molecular weight is 208 g/mol. The molecule has 0 spiro atoms. The summed E-state index contributed by atoms with van der Waals surface area (Å²) in [4.78, 5) is 0. The summed E-state index contributed by atoms with van der Waals surface area (Å²) in [6, 6.07) is 0. The van der Waals surface area contributed by atoms with Gasteiger partial charge < -0.3 is 10.1 Å². The van der Waals surface area contributed by atoms with Crippen LogP contribution in [0.25, 0.3) is 0 Å². The van der Waals surface area contributed by atoms with Crippen LogP contribution in [0, 0.1) is 0 Å². The summed E-state index contributed by atoms with van der Waals surface area (Å²) < 4.78 is 29.2. The molecule has 0 aromatic rings. The van der Waals surface area contributed by atoms with E-state index in [1.807, 2.05) is 0 Å². The first-order chi connectivity index (χ1) is 6.08. The number of sulfonamides is 1. The molecule has 1 aliphatic heterocycles. The van der Waals surface area contributed by atoms with Gasteiger partial charge in [-0.15, -0.1) is 0 Å². The predicted molar refractivity (Wildman–Crippen MR) is 50.1 cm³/mol. The van der Waals surface area contributed by atoms with Gasteiger partial charge >= 0.3 is 0 Å². The lowest BCUT2D eigenvalue weighted by molar-refractivity contribution is 0.0247. The maximum atomic E-state index is 10.7. The molecule has 1 saturated heterocycles. The van der Waals surface area contributed by atoms with Crippen molar-refractivity contribution >= 4 is 10.0 Å². The minimum absolute atomic E-state index is 0.142. The zero-order valence-electron chi connectivity index (χ0n) is 7.75. The van der Waals surface area contributed by atoms with Crippen molar-refractivity contribution in [2.75, 3.05) is 32.5 Å². The van der Waals surface area contributed by atoms with Gasteiger partial charge in [0.25, 0.3) is 0 Å². The molecule has 0 radical (unpaired) electrons. The van der Waals surface area contributed by atoms with E-state index in [2.05, 4.69) is 10.0 Å². The van der Waals surface area contributed by atoms with Crippen LogP contribution in [0.4, 0.5) is 0 Å². The van der Waals surface area contributed by atoms with E-state index in [-0.39, 0.29) is 6.10 Å².